The number of methoxy groups -OCH3 is 1. The Labute approximate surface area is 118 Å². The monoisotopic (exact) mass is 277 g/mol. The van der Waals surface area contributed by atoms with E-state index in [0.29, 0.717) is 5.75 Å². The molecule has 0 spiro atoms. The minimum Gasteiger partial charge on any atom is -0.484 e. The van der Waals surface area contributed by atoms with Crippen molar-refractivity contribution in [3.05, 3.63) is 29.3 Å². The van der Waals surface area contributed by atoms with Crippen molar-refractivity contribution in [2.75, 3.05) is 13.7 Å². The number of carbonyl (C=O) groups excluding carboxylic acids is 2. The number of ether oxygens (including phenoxy) is 2. The third-order valence-electron chi connectivity index (χ3n) is 3.37. The van der Waals surface area contributed by atoms with Crippen molar-refractivity contribution in [1.82, 2.24) is 5.32 Å². The summed E-state index contributed by atoms with van der Waals surface area (Å²) in [5.74, 6) is -0.134. The second-order valence-electron chi connectivity index (χ2n) is 4.89. The molecular weight excluding hydrogens is 258 g/mol. The van der Waals surface area contributed by atoms with Crippen LogP contribution in [0.2, 0.25) is 0 Å². The average molecular weight is 277 g/mol. The summed E-state index contributed by atoms with van der Waals surface area (Å²) in [6, 6.07) is 5.24. The van der Waals surface area contributed by atoms with Crippen molar-refractivity contribution in [3.63, 3.8) is 0 Å². The summed E-state index contributed by atoms with van der Waals surface area (Å²) in [7, 11) is 1.28. The molecule has 5 nitrogen and oxygen atoms in total. The molecule has 2 rings (SSSR count). The lowest BCUT2D eigenvalue weighted by Gasteiger charge is -2.12. The van der Waals surface area contributed by atoms with Gasteiger partial charge >= 0.3 is 5.97 Å². The van der Waals surface area contributed by atoms with Gasteiger partial charge in [-0.2, -0.15) is 0 Å². The molecule has 0 heterocycles. The smallest absolute Gasteiger partial charge is 0.328 e. The van der Waals surface area contributed by atoms with E-state index < -0.39 is 12.0 Å². The number of aryl methyl sites for hydroxylation is 2. The Kier molecular flexibility index (Phi) is 4.61. The molecule has 1 aromatic carbocycles. The van der Waals surface area contributed by atoms with Gasteiger partial charge in [-0.3, -0.25) is 4.79 Å². The molecule has 0 radical (unpaired) electrons. The fourth-order valence-corrected chi connectivity index (χ4v) is 2.31. The zero-order valence-corrected chi connectivity index (χ0v) is 11.8. The van der Waals surface area contributed by atoms with Crippen LogP contribution in [0.3, 0.4) is 0 Å². The number of carbonyl (C=O) groups is 2. The molecule has 1 aliphatic carbocycles. The van der Waals surface area contributed by atoms with E-state index in [1.165, 1.54) is 24.7 Å². The lowest BCUT2D eigenvalue weighted by molar-refractivity contribution is -0.144. The number of rotatable bonds is 5. The molecule has 1 unspecified atom stereocenters. The molecule has 0 bridgehead atoms. The van der Waals surface area contributed by atoms with Crippen LogP contribution in [0.25, 0.3) is 0 Å². The number of fused-ring (bicyclic) bond motifs is 1. The third kappa shape index (κ3) is 3.50. The maximum absolute atomic E-state index is 11.6. The normalized spacial score (nSPS) is 14.3. The summed E-state index contributed by atoms with van der Waals surface area (Å²) in [6.45, 7) is 1.46. The molecule has 1 atom stereocenters. The first-order valence-electron chi connectivity index (χ1n) is 6.72. The van der Waals surface area contributed by atoms with E-state index in [4.69, 9.17) is 4.74 Å². The summed E-state index contributed by atoms with van der Waals surface area (Å²) in [5.41, 5.74) is 2.66. The van der Waals surface area contributed by atoms with Crippen molar-refractivity contribution in [3.8, 4) is 5.75 Å². The largest absolute Gasteiger partial charge is 0.484 e. The predicted molar refractivity (Wildman–Crippen MR) is 73.6 cm³/mol. The van der Waals surface area contributed by atoms with E-state index in [-0.39, 0.29) is 12.5 Å². The van der Waals surface area contributed by atoms with Gasteiger partial charge in [-0.15, -0.1) is 0 Å². The van der Waals surface area contributed by atoms with Crippen LogP contribution in [0.1, 0.15) is 24.5 Å². The van der Waals surface area contributed by atoms with Crippen LogP contribution in [0.15, 0.2) is 18.2 Å². The average Bonchev–Trinajstić information content (AvgIpc) is 2.91. The summed E-state index contributed by atoms with van der Waals surface area (Å²) in [5, 5.41) is 2.51. The second-order valence-corrected chi connectivity index (χ2v) is 4.89. The number of benzene rings is 1. The van der Waals surface area contributed by atoms with Gasteiger partial charge < -0.3 is 14.8 Å². The number of nitrogens with one attached hydrogen (secondary N) is 1. The van der Waals surface area contributed by atoms with Gasteiger partial charge in [0.15, 0.2) is 6.61 Å². The third-order valence-corrected chi connectivity index (χ3v) is 3.37. The fourth-order valence-electron chi connectivity index (χ4n) is 2.31. The lowest BCUT2D eigenvalue weighted by atomic mass is 10.1. The Morgan fingerprint density at radius 1 is 1.30 bits per heavy atom. The Bertz CT molecular complexity index is 513. The molecule has 108 valence electrons. The minimum absolute atomic E-state index is 0.111. The summed E-state index contributed by atoms with van der Waals surface area (Å²) >= 11 is 0. The molecule has 20 heavy (non-hydrogen) atoms. The molecule has 1 N–H and O–H groups in total. The van der Waals surface area contributed by atoms with Crippen LogP contribution < -0.4 is 10.1 Å². The number of esters is 1. The first kappa shape index (κ1) is 14.4. The zero-order chi connectivity index (χ0) is 14.5. The van der Waals surface area contributed by atoms with E-state index in [2.05, 4.69) is 10.1 Å². The molecule has 0 aliphatic heterocycles. The van der Waals surface area contributed by atoms with Gasteiger partial charge in [0.2, 0.25) is 0 Å². The van der Waals surface area contributed by atoms with E-state index >= 15 is 0 Å². The highest BCUT2D eigenvalue weighted by Gasteiger charge is 2.16. The molecule has 1 aromatic rings. The van der Waals surface area contributed by atoms with Crippen LogP contribution in [-0.2, 0) is 27.2 Å². The van der Waals surface area contributed by atoms with Crippen molar-refractivity contribution in [2.24, 2.45) is 0 Å². The van der Waals surface area contributed by atoms with Gasteiger partial charge in [0.1, 0.15) is 11.8 Å². The minimum atomic E-state index is -0.670. The Morgan fingerprint density at radius 2 is 2.05 bits per heavy atom. The van der Waals surface area contributed by atoms with Gasteiger partial charge in [0, 0.05) is 0 Å². The highest BCUT2D eigenvalue weighted by molar-refractivity contribution is 5.84. The number of hydrogen-bond acceptors (Lipinski definition) is 4. The number of amides is 1. The number of hydrogen-bond donors (Lipinski definition) is 1. The molecule has 1 amide bonds. The van der Waals surface area contributed by atoms with Crippen molar-refractivity contribution >= 4 is 11.9 Å². The maximum atomic E-state index is 11.6. The second kappa shape index (κ2) is 6.41. The standard InChI is InChI=1S/C15H19NO4/c1-10(15(18)19-2)16-14(17)9-20-13-7-6-11-4-3-5-12(11)8-13/h6-8,10H,3-5,9H2,1-2H3,(H,16,17). The molecule has 0 saturated carbocycles. The van der Waals surface area contributed by atoms with Crippen molar-refractivity contribution in [1.29, 1.82) is 0 Å². The van der Waals surface area contributed by atoms with Gasteiger partial charge in [-0.05, 0) is 49.4 Å². The SMILES string of the molecule is COC(=O)C(C)NC(=O)COc1ccc2c(c1)CCC2. The van der Waals surface area contributed by atoms with E-state index in [1.54, 1.807) is 6.92 Å². The lowest BCUT2D eigenvalue weighted by Crippen LogP contribution is -2.41. The molecule has 0 fully saturated rings. The van der Waals surface area contributed by atoms with Crippen LogP contribution in [0.4, 0.5) is 0 Å². The fraction of sp³-hybridized carbons (Fsp3) is 0.467. The first-order chi connectivity index (χ1) is 9.60. The Hall–Kier alpha value is -2.04. The molecule has 5 heteroatoms. The highest BCUT2D eigenvalue weighted by Crippen LogP contribution is 2.25. The summed E-state index contributed by atoms with van der Waals surface area (Å²) in [6.07, 6.45) is 3.36. The molecule has 0 aromatic heterocycles. The van der Waals surface area contributed by atoms with Gasteiger partial charge in [-0.25, -0.2) is 4.79 Å². The topological polar surface area (TPSA) is 64.6 Å². The first-order valence-corrected chi connectivity index (χ1v) is 6.72. The Morgan fingerprint density at radius 3 is 2.80 bits per heavy atom. The molecule has 1 aliphatic rings. The quantitative estimate of drug-likeness (QED) is 0.822. The predicted octanol–water partition coefficient (Wildman–Crippen LogP) is 1.23. The van der Waals surface area contributed by atoms with Crippen molar-refractivity contribution in [2.45, 2.75) is 32.2 Å². The van der Waals surface area contributed by atoms with Crippen LogP contribution in [0.5, 0.6) is 5.75 Å². The van der Waals surface area contributed by atoms with Gasteiger partial charge in [0.05, 0.1) is 7.11 Å². The Balaban J connectivity index is 1.83. The van der Waals surface area contributed by atoms with Gasteiger partial charge in [0.25, 0.3) is 5.91 Å². The van der Waals surface area contributed by atoms with Crippen LogP contribution >= 0.6 is 0 Å². The van der Waals surface area contributed by atoms with Crippen LogP contribution in [-0.4, -0.2) is 31.6 Å². The van der Waals surface area contributed by atoms with E-state index in [1.807, 2.05) is 18.2 Å². The van der Waals surface area contributed by atoms with E-state index in [9.17, 15) is 9.59 Å². The summed E-state index contributed by atoms with van der Waals surface area (Å²) < 4.78 is 9.97. The highest BCUT2D eigenvalue weighted by atomic mass is 16.5. The zero-order valence-electron chi connectivity index (χ0n) is 11.8. The maximum Gasteiger partial charge on any atom is 0.328 e. The molecular formula is C15H19NO4. The van der Waals surface area contributed by atoms with Crippen LogP contribution in [0, 0.1) is 0 Å². The van der Waals surface area contributed by atoms with Crippen molar-refractivity contribution < 1.29 is 19.1 Å². The van der Waals surface area contributed by atoms with E-state index in [0.717, 1.165) is 12.8 Å². The van der Waals surface area contributed by atoms with Gasteiger partial charge in [-0.1, -0.05) is 6.07 Å². The molecule has 0 saturated heterocycles. The summed E-state index contributed by atoms with van der Waals surface area (Å²) in [4.78, 5) is 22.8.